The fraction of sp³-hybridized carbons (Fsp3) is 0.588. The number of rotatable bonds is 4. The SMILES string of the molecule is C[C@@H](NC(=O)CN1CCCCCCC1)c1ccc(Cl)cc1. The van der Waals surface area contributed by atoms with Crippen LogP contribution in [0.1, 0.15) is 50.6 Å². The molecular formula is C17H25ClN2O. The number of nitrogens with one attached hydrogen (secondary N) is 1. The van der Waals surface area contributed by atoms with Crippen LogP contribution in [0.4, 0.5) is 0 Å². The van der Waals surface area contributed by atoms with Crippen molar-refractivity contribution in [2.45, 2.75) is 45.1 Å². The van der Waals surface area contributed by atoms with Crippen LogP contribution in [0.5, 0.6) is 0 Å². The molecule has 2 rings (SSSR count). The van der Waals surface area contributed by atoms with Crippen LogP contribution in [0, 0.1) is 0 Å². The fourth-order valence-electron chi connectivity index (χ4n) is 2.80. The van der Waals surface area contributed by atoms with Crippen LogP contribution in [-0.4, -0.2) is 30.4 Å². The largest absolute Gasteiger partial charge is 0.348 e. The molecule has 1 heterocycles. The summed E-state index contributed by atoms with van der Waals surface area (Å²) in [5, 5.41) is 3.80. The second kappa shape index (κ2) is 8.40. The Morgan fingerprint density at radius 2 is 1.71 bits per heavy atom. The highest BCUT2D eigenvalue weighted by molar-refractivity contribution is 6.30. The summed E-state index contributed by atoms with van der Waals surface area (Å²) in [4.78, 5) is 14.5. The molecule has 21 heavy (non-hydrogen) atoms. The van der Waals surface area contributed by atoms with Crippen LogP contribution in [0.3, 0.4) is 0 Å². The molecule has 1 aromatic rings. The van der Waals surface area contributed by atoms with Gasteiger partial charge in [-0.15, -0.1) is 0 Å². The summed E-state index contributed by atoms with van der Waals surface area (Å²) >= 11 is 5.89. The Bertz CT molecular complexity index is 439. The van der Waals surface area contributed by atoms with Gasteiger partial charge in [0.1, 0.15) is 0 Å². The number of hydrogen-bond acceptors (Lipinski definition) is 2. The summed E-state index contributed by atoms with van der Waals surface area (Å²) in [6.07, 6.45) is 6.34. The second-order valence-electron chi connectivity index (χ2n) is 5.88. The Morgan fingerprint density at radius 1 is 1.14 bits per heavy atom. The minimum Gasteiger partial charge on any atom is -0.348 e. The Morgan fingerprint density at radius 3 is 2.33 bits per heavy atom. The highest BCUT2D eigenvalue weighted by Gasteiger charge is 2.14. The predicted octanol–water partition coefficient (Wildman–Crippen LogP) is 3.78. The van der Waals surface area contributed by atoms with Gasteiger partial charge < -0.3 is 5.32 Å². The van der Waals surface area contributed by atoms with E-state index in [1.165, 1.54) is 32.1 Å². The van der Waals surface area contributed by atoms with E-state index in [9.17, 15) is 4.79 Å². The molecule has 0 spiro atoms. The number of hydrogen-bond donors (Lipinski definition) is 1. The van der Waals surface area contributed by atoms with E-state index in [-0.39, 0.29) is 11.9 Å². The zero-order valence-corrected chi connectivity index (χ0v) is 13.5. The van der Waals surface area contributed by atoms with Gasteiger partial charge in [0.15, 0.2) is 0 Å². The predicted molar refractivity (Wildman–Crippen MR) is 87.5 cm³/mol. The lowest BCUT2D eigenvalue weighted by Gasteiger charge is -2.24. The van der Waals surface area contributed by atoms with E-state index in [4.69, 9.17) is 11.6 Å². The summed E-state index contributed by atoms with van der Waals surface area (Å²) in [7, 11) is 0. The van der Waals surface area contributed by atoms with Crippen molar-refractivity contribution in [1.29, 1.82) is 0 Å². The summed E-state index contributed by atoms with van der Waals surface area (Å²) in [6, 6.07) is 7.66. The van der Waals surface area contributed by atoms with Gasteiger partial charge in [-0.1, -0.05) is 43.0 Å². The number of carbonyl (C=O) groups excluding carboxylic acids is 1. The third kappa shape index (κ3) is 5.68. The average molecular weight is 309 g/mol. The van der Waals surface area contributed by atoms with E-state index in [0.29, 0.717) is 6.54 Å². The standard InChI is InChI=1S/C17H25ClN2O/c1-14(15-7-9-16(18)10-8-15)19-17(21)13-20-11-5-3-2-4-6-12-20/h7-10,14H,2-6,11-13H2,1H3,(H,19,21)/t14-/m1/s1. The van der Waals surface area contributed by atoms with Crippen LogP contribution >= 0.6 is 11.6 Å². The lowest BCUT2D eigenvalue weighted by atomic mass is 10.1. The third-order valence-electron chi connectivity index (χ3n) is 4.06. The van der Waals surface area contributed by atoms with Crippen molar-refractivity contribution in [1.82, 2.24) is 10.2 Å². The van der Waals surface area contributed by atoms with E-state index in [1.807, 2.05) is 31.2 Å². The van der Waals surface area contributed by atoms with E-state index in [0.717, 1.165) is 23.7 Å². The van der Waals surface area contributed by atoms with E-state index >= 15 is 0 Å². The maximum atomic E-state index is 12.2. The van der Waals surface area contributed by atoms with Crippen molar-refractivity contribution in [3.8, 4) is 0 Å². The topological polar surface area (TPSA) is 32.3 Å². The smallest absolute Gasteiger partial charge is 0.234 e. The monoisotopic (exact) mass is 308 g/mol. The molecule has 1 aliphatic heterocycles. The molecule has 4 heteroatoms. The Balaban J connectivity index is 1.81. The van der Waals surface area contributed by atoms with E-state index < -0.39 is 0 Å². The van der Waals surface area contributed by atoms with Crippen molar-refractivity contribution in [3.05, 3.63) is 34.9 Å². The molecule has 0 radical (unpaired) electrons. The van der Waals surface area contributed by atoms with Crippen molar-refractivity contribution in [2.75, 3.05) is 19.6 Å². The molecule has 1 saturated heterocycles. The molecule has 1 aromatic carbocycles. The zero-order chi connectivity index (χ0) is 15.1. The molecule has 0 aromatic heterocycles. The van der Waals surface area contributed by atoms with Gasteiger partial charge >= 0.3 is 0 Å². The van der Waals surface area contributed by atoms with Gasteiger partial charge in [-0.25, -0.2) is 0 Å². The number of likely N-dealkylation sites (tertiary alicyclic amines) is 1. The molecule has 0 bridgehead atoms. The number of carbonyl (C=O) groups is 1. The lowest BCUT2D eigenvalue weighted by Crippen LogP contribution is -2.39. The molecule has 1 amide bonds. The minimum atomic E-state index is 0.0181. The van der Waals surface area contributed by atoms with Gasteiger partial charge in [-0.2, -0.15) is 0 Å². The highest BCUT2D eigenvalue weighted by Crippen LogP contribution is 2.16. The Hall–Kier alpha value is -1.06. The van der Waals surface area contributed by atoms with E-state index in [1.54, 1.807) is 0 Å². The molecule has 3 nitrogen and oxygen atoms in total. The second-order valence-corrected chi connectivity index (χ2v) is 6.32. The van der Waals surface area contributed by atoms with E-state index in [2.05, 4.69) is 10.2 Å². The molecule has 1 aliphatic rings. The maximum absolute atomic E-state index is 12.2. The molecule has 0 unspecified atom stereocenters. The van der Waals surface area contributed by atoms with Crippen molar-refractivity contribution < 1.29 is 4.79 Å². The van der Waals surface area contributed by atoms with Gasteiger partial charge in [0.25, 0.3) is 0 Å². The van der Waals surface area contributed by atoms with Gasteiger partial charge in [0, 0.05) is 5.02 Å². The van der Waals surface area contributed by atoms with Crippen LogP contribution in [-0.2, 0) is 4.79 Å². The number of halogens is 1. The van der Waals surface area contributed by atoms with Gasteiger partial charge in [0.05, 0.1) is 12.6 Å². The van der Waals surface area contributed by atoms with Gasteiger partial charge in [0.2, 0.25) is 5.91 Å². The lowest BCUT2D eigenvalue weighted by molar-refractivity contribution is -0.123. The first-order valence-corrected chi connectivity index (χ1v) is 8.30. The molecule has 116 valence electrons. The molecule has 1 N–H and O–H groups in total. The Labute approximate surface area is 132 Å². The number of nitrogens with zero attached hydrogens (tertiary/aromatic N) is 1. The fourth-order valence-corrected chi connectivity index (χ4v) is 2.92. The average Bonchev–Trinajstić information content (AvgIpc) is 2.42. The minimum absolute atomic E-state index is 0.0181. The molecule has 0 aliphatic carbocycles. The van der Waals surface area contributed by atoms with Crippen molar-refractivity contribution in [3.63, 3.8) is 0 Å². The normalized spacial score (nSPS) is 18.6. The summed E-state index contributed by atoms with van der Waals surface area (Å²) < 4.78 is 0. The molecular weight excluding hydrogens is 284 g/mol. The summed E-state index contributed by atoms with van der Waals surface area (Å²) in [5.41, 5.74) is 1.08. The molecule has 1 atom stereocenters. The van der Waals surface area contributed by atoms with Gasteiger partial charge in [-0.3, -0.25) is 9.69 Å². The highest BCUT2D eigenvalue weighted by atomic mass is 35.5. The van der Waals surface area contributed by atoms with Crippen LogP contribution < -0.4 is 5.32 Å². The Kier molecular flexibility index (Phi) is 6.52. The molecule has 1 fully saturated rings. The number of amides is 1. The van der Waals surface area contributed by atoms with Gasteiger partial charge in [-0.05, 0) is 50.6 Å². The summed E-state index contributed by atoms with van der Waals surface area (Å²) in [6.45, 7) is 4.61. The first-order chi connectivity index (χ1) is 10.1. The van der Waals surface area contributed by atoms with Crippen LogP contribution in [0.25, 0.3) is 0 Å². The molecule has 0 saturated carbocycles. The summed E-state index contributed by atoms with van der Waals surface area (Å²) in [5.74, 6) is 0.109. The number of benzene rings is 1. The quantitative estimate of drug-likeness (QED) is 0.918. The zero-order valence-electron chi connectivity index (χ0n) is 12.8. The first-order valence-electron chi connectivity index (χ1n) is 7.92. The maximum Gasteiger partial charge on any atom is 0.234 e. The van der Waals surface area contributed by atoms with Crippen LogP contribution in [0.15, 0.2) is 24.3 Å². The van der Waals surface area contributed by atoms with Crippen molar-refractivity contribution in [2.24, 2.45) is 0 Å². The van der Waals surface area contributed by atoms with Crippen LogP contribution in [0.2, 0.25) is 5.02 Å². The third-order valence-corrected chi connectivity index (χ3v) is 4.32. The van der Waals surface area contributed by atoms with Crippen molar-refractivity contribution >= 4 is 17.5 Å². The first kappa shape index (κ1) is 16.3.